The molecular formula is C8H15N5. The van der Waals surface area contributed by atoms with Crippen molar-refractivity contribution in [1.82, 2.24) is 19.9 Å². The van der Waals surface area contributed by atoms with E-state index in [1.54, 1.807) is 0 Å². The molecule has 5 heteroatoms. The van der Waals surface area contributed by atoms with Crippen LogP contribution in [0.5, 0.6) is 0 Å². The molecule has 0 bridgehead atoms. The number of hydrogen-bond donors (Lipinski definition) is 1. The quantitative estimate of drug-likeness (QED) is 0.659. The lowest BCUT2D eigenvalue weighted by molar-refractivity contribution is 0.405. The highest BCUT2D eigenvalue weighted by molar-refractivity contribution is 5.19. The van der Waals surface area contributed by atoms with Crippen LogP contribution in [0.4, 0.5) is 5.95 Å². The normalized spacial score (nSPS) is 10.4. The molecule has 1 N–H and O–H groups in total. The number of nitrogens with zero attached hydrogens (tertiary/aromatic N) is 4. The van der Waals surface area contributed by atoms with Gasteiger partial charge in [0.1, 0.15) is 12.7 Å². The van der Waals surface area contributed by atoms with Gasteiger partial charge in [-0.05, 0) is 27.1 Å². The molecule has 0 spiro atoms. The van der Waals surface area contributed by atoms with Crippen LogP contribution >= 0.6 is 0 Å². The molecule has 13 heavy (non-hydrogen) atoms. The first-order valence-electron chi connectivity index (χ1n) is 4.29. The molecule has 1 aromatic rings. The highest BCUT2D eigenvalue weighted by Gasteiger charge is 1.93. The summed E-state index contributed by atoms with van der Waals surface area (Å²) in [6.07, 6.45) is 4.06. The molecule has 0 saturated heterocycles. The maximum Gasteiger partial charge on any atom is 0.225 e. The topological polar surface area (TPSA) is 53.9 Å². The van der Waals surface area contributed by atoms with Crippen LogP contribution in [-0.4, -0.2) is 47.0 Å². The molecule has 1 rings (SSSR count). The summed E-state index contributed by atoms with van der Waals surface area (Å²) in [5.41, 5.74) is 0. The van der Waals surface area contributed by atoms with Gasteiger partial charge in [-0.3, -0.25) is 0 Å². The molecule has 0 atom stereocenters. The van der Waals surface area contributed by atoms with Crippen molar-refractivity contribution >= 4 is 5.95 Å². The highest BCUT2D eigenvalue weighted by atomic mass is 15.1. The van der Waals surface area contributed by atoms with Crippen molar-refractivity contribution in [3.05, 3.63) is 12.7 Å². The van der Waals surface area contributed by atoms with E-state index in [0.717, 1.165) is 19.5 Å². The average Bonchev–Trinajstić information content (AvgIpc) is 2.14. The van der Waals surface area contributed by atoms with Crippen molar-refractivity contribution in [2.24, 2.45) is 0 Å². The molecule has 0 aliphatic rings. The fraction of sp³-hybridized carbons (Fsp3) is 0.625. The highest BCUT2D eigenvalue weighted by Crippen LogP contribution is 1.92. The molecule has 0 aliphatic carbocycles. The van der Waals surface area contributed by atoms with Crippen LogP contribution in [0.3, 0.4) is 0 Å². The lowest BCUT2D eigenvalue weighted by Gasteiger charge is -2.09. The van der Waals surface area contributed by atoms with E-state index in [1.807, 2.05) is 0 Å². The van der Waals surface area contributed by atoms with Crippen LogP contribution in [-0.2, 0) is 0 Å². The van der Waals surface area contributed by atoms with E-state index in [1.165, 1.54) is 12.7 Å². The zero-order chi connectivity index (χ0) is 9.52. The van der Waals surface area contributed by atoms with Gasteiger partial charge in [-0.1, -0.05) is 0 Å². The predicted molar refractivity (Wildman–Crippen MR) is 51.5 cm³/mol. The van der Waals surface area contributed by atoms with Gasteiger partial charge in [0.2, 0.25) is 5.95 Å². The fourth-order valence-electron chi connectivity index (χ4n) is 0.926. The van der Waals surface area contributed by atoms with Gasteiger partial charge in [-0.15, -0.1) is 0 Å². The second-order valence-electron chi connectivity index (χ2n) is 3.05. The van der Waals surface area contributed by atoms with Crippen molar-refractivity contribution in [3.63, 3.8) is 0 Å². The Morgan fingerprint density at radius 3 is 2.62 bits per heavy atom. The van der Waals surface area contributed by atoms with Gasteiger partial charge in [0.05, 0.1) is 0 Å². The molecule has 0 aliphatic heterocycles. The SMILES string of the molecule is CN(C)CCCNc1ncncn1. The lowest BCUT2D eigenvalue weighted by atomic mass is 10.4. The van der Waals surface area contributed by atoms with Crippen molar-refractivity contribution in [2.75, 3.05) is 32.5 Å². The molecule has 1 aromatic heterocycles. The number of aromatic nitrogens is 3. The molecule has 0 aromatic carbocycles. The number of rotatable bonds is 5. The van der Waals surface area contributed by atoms with E-state index in [0.29, 0.717) is 5.95 Å². The Morgan fingerprint density at radius 2 is 2.00 bits per heavy atom. The second-order valence-corrected chi connectivity index (χ2v) is 3.05. The van der Waals surface area contributed by atoms with E-state index < -0.39 is 0 Å². The summed E-state index contributed by atoms with van der Waals surface area (Å²) in [5.74, 6) is 0.647. The Bertz CT molecular complexity index is 223. The lowest BCUT2D eigenvalue weighted by Crippen LogP contribution is -2.16. The first-order chi connectivity index (χ1) is 6.29. The Kier molecular flexibility index (Phi) is 4.11. The molecule has 0 radical (unpaired) electrons. The van der Waals surface area contributed by atoms with Gasteiger partial charge in [-0.2, -0.15) is 0 Å². The van der Waals surface area contributed by atoms with Gasteiger partial charge < -0.3 is 10.2 Å². The first kappa shape index (κ1) is 9.85. The third-order valence-electron chi connectivity index (χ3n) is 1.56. The second kappa shape index (κ2) is 5.42. The van der Waals surface area contributed by atoms with E-state index >= 15 is 0 Å². The Hall–Kier alpha value is -1.23. The largest absolute Gasteiger partial charge is 0.354 e. The standard InChI is InChI=1S/C8H15N5/c1-13(2)5-3-4-10-8-11-6-9-7-12-8/h6-7H,3-5H2,1-2H3,(H,9,10,11,12). The number of nitrogens with one attached hydrogen (secondary N) is 1. The number of anilines is 1. The maximum atomic E-state index is 3.95. The zero-order valence-electron chi connectivity index (χ0n) is 8.06. The van der Waals surface area contributed by atoms with Crippen LogP contribution in [0.25, 0.3) is 0 Å². The zero-order valence-corrected chi connectivity index (χ0v) is 8.06. The summed E-state index contributed by atoms with van der Waals surface area (Å²) >= 11 is 0. The van der Waals surface area contributed by atoms with Gasteiger partial charge in [0.25, 0.3) is 0 Å². The molecule has 5 nitrogen and oxygen atoms in total. The summed E-state index contributed by atoms with van der Waals surface area (Å²) in [7, 11) is 4.12. The minimum Gasteiger partial charge on any atom is -0.354 e. The van der Waals surface area contributed by atoms with Crippen LogP contribution < -0.4 is 5.32 Å². The van der Waals surface area contributed by atoms with Gasteiger partial charge in [0, 0.05) is 6.54 Å². The minimum atomic E-state index is 0.647. The molecule has 72 valence electrons. The van der Waals surface area contributed by atoms with E-state index in [4.69, 9.17) is 0 Å². The summed E-state index contributed by atoms with van der Waals surface area (Å²) in [6.45, 7) is 1.96. The molecule has 0 fully saturated rings. The van der Waals surface area contributed by atoms with Crippen LogP contribution in [0, 0.1) is 0 Å². The summed E-state index contributed by atoms with van der Waals surface area (Å²) in [4.78, 5) is 13.8. The molecule has 1 heterocycles. The predicted octanol–water partition coefficient (Wildman–Crippen LogP) is 0.235. The van der Waals surface area contributed by atoms with E-state index in [-0.39, 0.29) is 0 Å². The fourth-order valence-corrected chi connectivity index (χ4v) is 0.926. The molecular weight excluding hydrogens is 166 g/mol. The smallest absolute Gasteiger partial charge is 0.225 e. The third-order valence-corrected chi connectivity index (χ3v) is 1.56. The minimum absolute atomic E-state index is 0.647. The molecule has 0 saturated carbocycles. The van der Waals surface area contributed by atoms with Crippen molar-refractivity contribution in [2.45, 2.75) is 6.42 Å². The molecule has 0 amide bonds. The van der Waals surface area contributed by atoms with Crippen molar-refractivity contribution < 1.29 is 0 Å². The summed E-state index contributed by atoms with van der Waals surface area (Å²) in [6, 6.07) is 0. The molecule has 0 unspecified atom stereocenters. The van der Waals surface area contributed by atoms with E-state index in [2.05, 4.69) is 39.3 Å². The van der Waals surface area contributed by atoms with Crippen molar-refractivity contribution in [1.29, 1.82) is 0 Å². The van der Waals surface area contributed by atoms with Crippen LogP contribution in [0.1, 0.15) is 6.42 Å². The van der Waals surface area contributed by atoms with Crippen LogP contribution in [0.2, 0.25) is 0 Å². The monoisotopic (exact) mass is 181 g/mol. The van der Waals surface area contributed by atoms with E-state index in [9.17, 15) is 0 Å². The average molecular weight is 181 g/mol. The Labute approximate surface area is 78.2 Å². The maximum absolute atomic E-state index is 3.95. The van der Waals surface area contributed by atoms with Gasteiger partial charge in [0.15, 0.2) is 0 Å². The summed E-state index contributed by atoms with van der Waals surface area (Å²) in [5, 5.41) is 3.11. The Balaban J connectivity index is 2.13. The summed E-state index contributed by atoms with van der Waals surface area (Å²) < 4.78 is 0. The Morgan fingerprint density at radius 1 is 1.31 bits per heavy atom. The number of hydrogen-bond acceptors (Lipinski definition) is 5. The first-order valence-corrected chi connectivity index (χ1v) is 4.29. The van der Waals surface area contributed by atoms with Gasteiger partial charge in [-0.25, -0.2) is 15.0 Å². The third kappa shape index (κ3) is 4.37. The van der Waals surface area contributed by atoms with Crippen LogP contribution in [0.15, 0.2) is 12.7 Å². The van der Waals surface area contributed by atoms with Gasteiger partial charge >= 0.3 is 0 Å². The van der Waals surface area contributed by atoms with Crippen molar-refractivity contribution in [3.8, 4) is 0 Å².